The second-order valence-electron chi connectivity index (χ2n) is 7.23. The lowest BCUT2D eigenvalue weighted by Gasteiger charge is -2.24. The van der Waals surface area contributed by atoms with Crippen LogP contribution in [0.4, 0.5) is 5.69 Å². The molecule has 0 radical (unpaired) electrons. The SMILES string of the molecule is Cc1ccc(CC#Cc2cnc3[nH]ccc3c2NC2CCCCC2)cc1. The van der Waals surface area contributed by atoms with Crippen molar-refractivity contribution in [2.45, 2.75) is 51.5 Å². The van der Waals surface area contributed by atoms with Crippen molar-refractivity contribution < 1.29 is 0 Å². The van der Waals surface area contributed by atoms with Crippen molar-refractivity contribution in [3.8, 4) is 11.8 Å². The zero-order valence-corrected chi connectivity index (χ0v) is 15.3. The Balaban J connectivity index is 1.60. The van der Waals surface area contributed by atoms with E-state index in [0.717, 1.165) is 28.7 Å². The molecular weight excluding hydrogens is 318 g/mol. The van der Waals surface area contributed by atoms with Crippen molar-refractivity contribution >= 4 is 16.7 Å². The smallest absolute Gasteiger partial charge is 0.139 e. The van der Waals surface area contributed by atoms with Crippen molar-refractivity contribution in [1.82, 2.24) is 9.97 Å². The van der Waals surface area contributed by atoms with Gasteiger partial charge in [0.05, 0.1) is 11.3 Å². The summed E-state index contributed by atoms with van der Waals surface area (Å²) in [5.74, 6) is 6.69. The molecule has 0 bridgehead atoms. The maximum atomic E-state index is 4.53. The number of nitrogens with one attached hydrogen (secondary N) is 2. The Morgan fingerprint density at radius 3 is 2.73 bits per heavy atom. The van der Waals surface area contributed by atoms with Gasteiger partial charge in [-0.3, -0.25) is 0 Å². The van der Waals surface area contributed by atoms with Crippen LogP contribution >= 0.6 is 0 Å². The van der Waals surface area contributed by atoms with Gasteiger partial charge >= 0.3 is 0 Å². The van der Waals surface area contributed by atoms with Gasteiger partial charge in [0, 0.05) is 30.2 Å². The van der Waals surface area contributed by atoms with E-state index < -0.39 is 0 Å². The summed E-state index contributed by atoms with van der Waals surface area (Å²) < 4.78 is 0. The first-order valence-electron chi connectivity index (χ1n) is 9.56. The van der Waals surface area contributed by atoms with E-state index in [-0.39, 0.29) is 0 Å². The summed E-state index contributed by atoms with van der Waals surface area (Å²) >= 11 is 0. The molecule has 3 heteroatoms. The largest absolute Gasteiger partial charge is 0.381 e. The second-order valence-corrected chi connectivity index (χ2v) is 7.23. The molecule has 26 heavy (non-hydrogen) atoms. The van der Waals surface area contributed by atoms with Crippen LogP contribution in [0, 0.1) is 18.8 Å². The number of rotatable bonds is 3. The third-order valence-corrected chi connectivity index (χ3v) is 5.18. The normalized spacial score (nSPS) is 14.8. The number of benzene rings is 1. The van der Waals surface area contributed by atoms with Gasteiger partial charge in [0.1, 0.15) is 5.65 Å². The minimum absolute atomic E-state index is 0.543. The lowest BCUT2D eigenvalue weighted by molar-refractivity contribution is 0.463. The van der Waals surface area contributed by atoms with Crippen molar-refractivity contribution in [2.24, 2.45) is 0 Å². The number of hydrogen-bond acceptors (Lipinski definition) is 2. The highest BCUT2D eigenvalue weighted by atomic mass is 14.9. The van der Waals surface area contributed by atoms with Crippen LogP contribution in [0.25, 0.3) is 11.0 Å². The molecule has 0 atom stereocenters. The molecule has 0 amide bonds. The average Bonchev–Trinajstić information content (AvgIpc) is 3.15. The van der Waals surface area contributed by atoms with E-state index in [1.165, 1.54) is 43.2 Å². The number of aromatic amines is 1. The Bertz CT molecular complexity index is 935. The molecule has 132 valence electrons. The summed E-state index contributed by atoms with van der Waals surface area (Å²) in [7, 11) is 0. The predicted molar refractivity (Wildman–Crippen MR) is 108 cm³/mol. The highest BCUT2D eigenvalue weighted by Gasteiger charge is 2.16. The van der Waals surface area contributed by atoms with Gasteiger partial charge in [0.2, 0.25) is 0 Å². The zero-order valence-electron chi connectivity index (χ0n) is 15.3. The van der Waals surface area contributed by atoms with Gasteiger partial charge in [-0.05, 0) is 31.4 Å². The fourth-order valence-electron chi connectivity index (χ4n) is 3.66. The molecule has 3 nitrogen and oxygen atoms in total. The standard InChI is InChI=1S/C23H25N3/c1-17-10-12-18(13-11-17)6-5-7-19-16-25-23-21(14-15-24-23)22(19)26-20-8-3-2-4-9-20/h10-16,20H,2-4,6,8-9H2,1H3,(H2,24,25,26). The molecule has 2 aromatic heterocycles. The Kier molecular flexibility index (Phi) is 4.93. The first kappa shape index (κ1) is 16.7. The Labute approximate surface area is 155 Å². The maximum absolute atomic E-state index is 4.53. The first-order valence-corrected chi connectivity index (χ1v) is 9.56. The Morgan fingerprint density at radius 1 is 1.12 bits per heavy atom. The topological polar surface area (TPSA) is 40.7 Å². The summed E-state index contributed by atoms with van der Waals surface area (Å²) in [4.78, 5) is 7.75. The lowest BCUT2D eigenvalue weighted by Crippen LogP contribution is -2.22. The number of pyridine rings is 1. The molecule has 0 aliphatic heterocycles. The number of aromatic nitrogens is 2. The number of H-pyrrole nitrogens is 1. The van der Waals surface area contributed by atoms with E-state index in [9.17, 15) is 0 Å². The van der Waals surface area contributed by atoms with Gasteiger partial charge < -0.3 is 10.3 Å². The third kappa shape index (κ3) is 3.75. The highest BCUT2D eigenvalue weighted by molar-refractivity contribution is 5.92. The van der Waals surface area contributed by atoms with Crippen molar-refractivity contribution in [3.63, 3.8) is 0 Å². The molecule has 1 saturated carbocycles. The van der Waals surface area contributed by atoms with Crippen LogP contribution < -0.4 is 5.32 Å². The molecule has 1 aliphatic carbocycles. The predicted octanol–water partition coefficient (Wildman–Crippen LogP) is 5.21. The molecule has 2 heterocycles. The first-order chi connectivity index (χ1) is 12.8. The molecule has 3 aromatic rings. The Hall–Kier alpha value is -2.73. The summed E-state index contributed by atoms with van der Waals surface area (Å²) in [6.45, 7) is 2.11. The van der Waals surface area contributed by atoms with Crippen LogP contribution in [0.2, 0.25) is 0 Å². The van der Waals surface area contributed by atoms with E-state index >= 15 is 0 Å². The van der Waals surface area contributed by atoms with Crippen molar-refractivity contribution in [3.05, 3.63) is 59.4 Å². The lowest BCUT2D eigenvalue weighted by atomic mass is 9.95. The van der Waals surface area contributed by atoms with Gasteiger partial charge in [-0.1, -0.05) is 60.9 Å². The number of anilines is 1. The molecular formula is C23H25N3. The Morgan fingerprint density at radius 2 is 1.92 bits per heavy atom. The third-order valence-electron chi connectivity index (χ3n) is 5.18. The molecule has 4 rings (SSSR count). The van der Waals surface area contributed by atoms with Gasteiger partial charge in [-0.2, -0.15) is 0 Å². The molecule has 1 fully saturated rings. The fraction of sp³-hybridized carbons (Fsp3) is 0.348. The molecule has 0 unspecified atom stereocenters. The van der Waals surface area contributed by atoms with Gasteiger partial charge in [-0.25, -0.2) is 4.98 Å². The summed E-state index contributed by atoms with van der Waals surface area (Å²) in [5, 5.41) is 4.91. The molecule has 0 saturated heterocycles. The van der Waals surface area contributed by atoms with Crippen LogP contribution in [-0.2, 0) is 6.42 Å². The fourth-order valence-corrected chi connectivity index (χ4v) is 3.66. The number of hydrogen-bond donors (Lipinski definition) is 2. The quantitative estimate of drug-likeness (QED) is 0.641. The van der Waals surface area contributed by atoms with Gasteiger partial charge in [-0.15, -0.1) is 0 Å². The van der Waals surface area contributed by atoms with E-state index in [1.807, 2.05) is 12.4 Å². The van der Waals surface area contributed by atoms with Crippen LogP contribution in [0.1, 0.15) is 48.8 Å². The zero-order chi connectivity index (χ0) is 17.8. The summed E-state index contributed by atoms with van der Waals surface area (Å²) in [5.41, 5.74) is 5.59. The minimum atomic E-state index is 0.543. The molecule has 0 spiro atoms. The second kappa shape index (κ2) is 7.66. The minimum Gasteiger partial charge on any atom is -0.381 e. The summed E-state index contributed by atoms with van der Waals surface area (Å²) in [6, 6.07) is 11.2. The van der Waals surface area contributed by atoms with E-state index in [2.05, 4.69) is 64.4 Å². The summed E-state index contributed by atoms with van der Waals surface area (Å²) in [6.07, 6.45) is 11.1. The number of aryl methyl sites for hydroxylation is 1. The van der Waals surface area contributed by atoms with Crippen molar-refractivity contribution in [1.29, 1.82) is 0 Å². The maximum Gasteiger partial charge on any atom is 0.139 e. The van der Waals surface area contributed by atoms with Gasteiger partial charge in [0.15, 0.2) is 0 Å². The van der Waals surface area contributed by atoms with E-state index in [1.54, 1.807) is 0 Å². The van der Waals surface area contributed by atoms with Crippen LogP contribution in [0.5, 0.6) is 0 Å². The van der Waals surface area contributed by atoms with Crippen LogP contribution in [0.3, 0.4) is 0 Å². The van der Waals surface area contributed by atoms with Crippen molar-refractivity contribution in [2.75, 3.05) is 5.32 Å². The highest BCUT2D eigenvalue weighted by Crippen LogP contribution is 2.29. The average molecular weight is 343 g/mol. The number of fused-ring (bicyclic) bond motifs is 1. The molecule has 1 aromatic carbocycles. The molecule has 2 N–H and O–H groups in total. The monoisotopic (exact) mass is 343 g/mol. The van der Waals surface area contributed by atoms with Gasteiger partial charge in [0.25, 0.3) is 0 Å². The van der Waals surface area contributed by atoms with Crippen LogP contribution in [0.15, 0.2) is 42.7 Å². The van der Waals surface area contributed by atoms with E-state index in [4.69, 9.17) is 0 Å². The number of nitrogens with zero attached hydrogens (tertiary/aromatic N) is 1. The van der Waals surface area contributed by atoms with E-state index in [0.29, 0.717) is 6.04 Å². The molecule has 1 aliphatic rings. The van der Waals surface area contributed by atoms with Crippen LogP contribution in [-0.4, -0.2) is 16.0 Å².